The van der Waals surface area contributed by atoms with Crippen LogP contribution >= 0.6 is 11.6 Å². The lowest BCUT2D eigenvalue weighted by molar-refractivity contribution is -0.149. The fourth-order valence-corrected chi connectivity index (χ4v) is 7.91. The third-order valence-corrected chi connectivity index (χ3v) is 11.1. The van der Waals surface area contributed by atoms with Gasteiger partial charge in [-0.15, -0.1) is 0 Å². The Morgan fingerprint density at radius 2 is 1.67 bits per heavy atom. The number of alkyl halides is 3. The summed E-state index contributed by atoms with van der Waals surface area (Å²) in [6, 6.07) is 16.0. The second-order valence-corrected chi connectivity index (χ2v) is 14.5. The van der Waals surface area contributed by atoms with E-state index in [0.717, 1.165) is 40.3 Å². The SMILES string of the molecule is COc1nc(-c2cccc(-c3cccc4c3CC[C@@H]4Oc3nc(OC)c(CNC4(C(=O)O)CCC4)cc3C(F)(F)F)c2Cl)ccc1CNC[C@@H]1CCC(=O)N1. The molecule has 1 aliphatic heterocycles. The average molecular weight is 780 g/mol. The number of benzene rings is 2. The fourth-order valence-electron chi connectivity index (χ4n) is 7.58. The lowest BCUT2D eigenvalue weighted by Gasteiger charge is -2.38. The zero-order valence-corrected chi connectivity index (χ0v) is 31.1. The van der Waals surface area contributed by atoms with E-state index in [1.807, 2.05) is 48.5 Å². The third-order valence-electron chi connectivity index (χ3n) is 10.7. The number of aliphatic carboxylic acids is 1. The second kappa shape index (κ2) is 15.7. The molecule has 4 aromatic rings. The molecule has 0 unspecified atom stereocenters. The van der Waals surface area contributed by atoms with Crippen LogP contribution < -0.4 is 30.2 Å². The summed E-state index contributed by atoms with van der Waals surface area (Å²) in [5, 5.41) is 19.4. The quantitative estimate of drug-likeness (QED) is 0.105. The number of nitrogens with one attached hydrogen (secondary N) is 3. The zero-order chi connectivity index (χ0) is 38.9. The molecule has 2 aromatic heterocycles. The van der Waals surface area contributed by atoms with E-state index in [-0.39, 0.29) is 29.9 Å². The molecule has 1 saturated carbocycles. The zero-order valence-electron chi connectivity index (χ0n) is 30.3. The van der Waals surface area contributed by atoms with Crippen molar-refractivity contribution in [2.45, 2.75) is 81.9 Å². The second-order valence-electron chi connectivity index (χ2n) is 14.1. The van der Waals surface area contributed by atoms with Crippen molar-refractivity contribution in [1.29, 1.82) is 0 Å². The van der Waals surface area contributed by atoms with E-state index in [0.29, 0.717) is 73.8 Å². The van der Waals surface area contributed by atoms with Crippen LogP contribution in [0.25, 0.3) is 22.4 Å². The molecule has 3 heterocycles. The van der Waals surface area contributed by atoms with Gasteiger partial charge in [0.25, 0.3) is 0 Å². The molecule has 2 aromatic carbocycles. The Kier molecular flexibility index (Phi) is 10.9. The topological polar surface area (TPSA) is 144 Å². The first kappa shape index (κ1) is 38.4. The number of methoxy groups -OCH3 is 2. The minimum absolute atomic E-state index is 0.0647. The van der Waals surface area contributed by atoms with E-state index >= 15 is 0 Å². The van der Waals surface area contributed by atoms with Gasteiger partial charge in [-0.2, -0.15) is 18.2 Å². The number of rotatable bonds is 14. The number of hydrogen-bond acceptors (Lipinski definition) is 9. The number of amides is 1. The molecule has 7 rings (SSSR count). The molecule has 1 amide bonds. The highest BCUT2D eigenvalue weighted by Gasteiger charge is 2.44. The summed E-state index contributed by atoms with van der Waals surface area (Å²) >= 11 is 7.11. The Bertz CT molecular complexity index is 2110. The van der Waals surface area contributed by atoms with Gasteiger partial charge in [-0.05, 0) is 67.3 Å². The molecule has 11 nitrogen and oxygen atoms in total. The largest absolute Gasteiger partial charge is 0.481 e. The summed E-state index contributed by atoms with van der Waals surface area (Å²) in [4.78, 5) is 32.3. The molecular weight excluding hydrogens is 739 g/mol. The van der Waals surface area contributed by atoms with Crippen LogP contribution in [0.1, 0.15) is 72.4 Å². The van der Waals surface area contributed by atoms with Crippen LogP contribution in [0.4, 0.5) is 13.2 Å². The smallest absolute Gasteiger partial charge is 0.421 e. The predicted molar refractivity (Wildman–Crippen MR) is 198 cm³/mol. The number of pyridine rings is 2. The van der Waals surface area contributed by atoms with Crippen molar-refractivity contribution < 1.29 is 42.1 Å². The van der Waals surface area contributed by atoms with Crippen molar-refractivity contribution in [3.8, 4) is 40.0 Å². The number of carboxylic acids is 1. The van der Waals surface area contributed by atoms with Gasteiger partial charge in [0.05, 0.1) is 24.9 Å². The van der Waals surface area contributed by atoms with Gasteiger partial charge in [-0.3, -0.25) is 14.9 Å². The van der Waals surface area contributed by atoms with Crippen LogP contribution in [0.5, 0.6) is 17.6 Å². The Balaban J connectivity index is 1.13. The fraction of sp³-hybridized carbons (Fsp3) is 0.400. The highest BCUT2D eigenvalue weighted by molar-refractivity contribution is 6.36. The summed E-state index contributed by atoms with van der Waals surface area (Å²) in [6.07, 6.45) is -1.82. The number of carbonyl (C=O) groups excluding carboxylic acids is 1. The minimum atomic E-state index is -4.80. The van der Waals surface area contributed by atoms with E-state index < -0.39 is 35.2 Å². The molecule has 2 atom stereocenters. The van der Waals surface area contributed by atoms with Crippen molar-refractivity contribution in [3.05, 3.63) is 87.4 Å². The van der Waals surface area contributed by atoms with Gasteiger partial charge in [-0.25, -0.2) is 4.98 Å². The number of hydrogen-bond donors (Lipinski definition) is 4. The maximum Gasteiger partial charge on any atom is 0.421 e. The molecule has 0 radical (unpaired) electrons. The number of ether oxygens (including phenoxy) is 3. The highest BCUT2D eigenvalue weighted by atomic mass is 35.5. The van der Waals surface area contributed by atoms with Gasteiger partial charge in [0.15, 0.2) is 0 Å². The highest BCUT2D eigenvalue weighted by Crippen LogP contribution is 2.46. The van der Waals surface area contributed by atoms with Crippen LogP contribution in [0.2, 0.25) is 5.02 Å². The molecular formula is C40H41ClF3N5O6. The number of carboxylic acid groups (broad SMARTS) is 1. The van der Waals surface area contributed by atoms with Gasteiger partial charge in [0.1, 0.15) is 17.2 Å². The predicted octanol–water partition coefficient (Wildman–Crippen LogP) is 7.03. The summed E-state index contributed by atoms with van der Waals surface area (Å²) in [5.41, 5.74) is 3.14. The number of fused-ring (bicyclic) bond motifs is 1. The lowest BCUT2D eigenvalue weighted by Crippen LogP contribution is -2.56. The van der Waals surface area contributed by atoms with Crippen molar-refractivity contribution in [2.75, 3.05) is 20.8 Å². The van der Waals surface area contributed by atoms with Crippen molar-refractivity contribution in [2.24, 2.45) is 0 Å². The van der Waals surface area contributed by atoms with Crippen LogP contribution in [0.3, 0.4) is 0 Å². The summed E-state index contributed by atoms with van der Waals surface area (Å²) in [6.45, 7) is 0.956. The summed E-state index contributed by atoms with van der Waals surface area (Å²) in [5.74, 6) is -1.23. The number of nitrogens with zero attached hydrogens (tertiary/aromatic N) is 2. The monoisotopic (exact) mass is 779 g/mol. The van der Waals surface area contributed by atoms with Crippen LogP contribution in [-0.4, -0.2) is 59.3 Å². The Morgan fingerprint density at radius 1 is 0.945 bits per heavy atom. The standard InChI is InChI=1S/C40H41ClF3N5O6/c1-53-35-22(19-45-21-24-11-15-33(50)47-24)10-13-31(48-35)29-9-4-8-28(34(29)41)25-6-3-7-27-26(25)12-14-32(27)55-37-30(40(42,43)44)18-23(36(49-37)54-2)20-46-39(38(51)52)16-5-17-39/h3-4,6-10,13,18,24,32,45-46H,5,11-12,14-17,19-21H2,1-2H3,(H,47,50)(H,51,52)/t24-,32-/m0/s1. The molecule has 290 valence electrons. The molecule has 1 saturated heterocycles. The van der Waals surface area contributed by atoms with Gasteiger partial charge < -0.3 is 30.0 Å². The molecule has 55 heavy (non-hydrogen) atoms. The van der Waals surface area contributed by atoms with Crippen molar-refractivity contribution >= 4 is 23.5 Å². The molecule has 2 aliphatic carbocycles. The summed E-state index contributed by atoms with van der Waals surface area (Å²) < 4.78 is 60.6. The van der Waals surface area contributed by atoms with Gasteiger partial charge in [-0.1, -0.05) is 54.1 Å². The number of carbonyl (C=O) groups is 2. The Hall–Kier alpha value is -4.92. The first-order valence-electron chi connectivity index (χ1n) is 18.2. The number of aromatic nitrogens is 2. The third kappa shape index (κ3) is 7.80. The van der Waals surface area contributed by atoms with E-state index in [2.05, 4.69) is 20.9 Å². The normalized spacial score (nSPS) is 18.7. The van der Waals surface area contributed by atoms with Gasteiger partial charge in [0, 0.05) is 54.4 Å². The van der Waals surface area contributed by atoms with Gasteiger partial charge >= 0.3 is 12.1 Å². The molecule has 0 spiro atoms. The molecule has 0 bridgehead atoms. The molecule has 15 heteroatoms. The van der Waals surface area contributed by atoms with Crippen LogP contribution in [0.15, 0.2) is 54.6 Å². The van der Waals surface area contributed by atoms with Gasteiger partial charge in [0.2, 0.25) is 23.5 Å². The first-order valence-corrected chi connectivity index (χ1v) is 18.5. The van der Waals surface area contributed by atoms with Crippen molar-refractivity contribution in [3.63, 3.8) is 0 Å². The molecule has 3 aliphatic rings. The maximum atomic E-state index is 14.5. The van der Waals surface area contributed by atoms with Crippen LogP contribution in [0, 0.1) is 0 Å². The molecule has 2 fully saturated rings. The van der Waals surface area contributed by atoms with E-state index in [1.165, 1.54) is 7.11 Å². The van der Waals surface area contributed by atoms with E-state index in [9.17, 15) is 27.9 Å². The first-order chi connectivity index (χ1) is 26.4. The summed E-state index contributed by atoms with van der Waals surface area (Å²) in [7, 11) is 2.85. The minimum Gasteiger partial charge on any atom is -0.481 e. The maximum absolute atomic E-state index is 14.5. The number of halogens is 4. The lowest BCUT2D eigenvalue weighted by atomic mass is 9.76. The van der Waals surface area contributed by atoms with E-state index in [1.54, 1.807) is 7.11 Å². The average Bonchev–Trinajstić information content (AvgIpc) is 3.76. The van der Waals surface area contributed by atoms with Crippen molar-refractivity contribution in [1.82, 2.24) is 25.9 Å². The van der Waals surface area contributed by atoms with Crippen LogP contribution in [-0.2, 0) is 35.3 Å². The Morgan fingerprint density at radius 3 is 2.35 bits per heavy atom. The Labute approximate surface area is 321 Å². The van der Waals surface area contributed by atoms with E-state index in [4.69, 9.17) is 30.8 Å². The molecule has 4 N–H and O–H groups in total.